The average Bonchev–Trinajstić information content (AvgIpc) is 3.12. The first-order valence-electron chi connectivity index (χ1n) is 8.29. The van der Waals surface area contributed by atoms with E-state index < -0.39 is 5.97 Å². The van der Waals surface area contributed by atoms with Crippen molar-refractivity contribution in [3.63, 3.8) is 0 Å². The Morgan fingerprint density at radius 1 is 0.889 bits per heavy atom. The van der Waals surface area contributed by atoms with Crippen molar-refractivity contribution in [2.24, 2.45) is 0 Å². The SMILES string of the molecule is O=C(O)c1cccc(NC(=O)c2ccc(-n3cnc4ccccc43)cc2)c1. The van der Waals surface area contributed by atoms with Crippen LogP contribution in [0.5, 0.6) is 0 Å². The molecule has 0 bridgehead atoms. The molecule has 27 heavy (non-hydrogen) atoms. The molecular weight excluding hydrogens is 342 g/mol. The number of carboxylic acids is 1. The number of carbonyl (C=O) groups excluding carboxylic acids is 1. The predicted octanol–water partition coefficient (Wildman–Crippen LogP) is 3.98. The number of aromatic nitrogens is 2. The van der Waals surface area contributed by atoms with Crippen molar-refractivity contribution in [1.29, 1.82) is 0 Å². The molecule has 0 spiro atoms. The van der Waals surface area contributed by atoms with E-state index in [9.17, 15) is 9.59 Å². The van der Waals surface area contributed by atoms with E-state index in [-0.39, 0.29) is 11.5 Å². The molecule has 0 saturated heterocycles. The Kier molecular flexibility index (Phi) is 4.14. The molecule has 1 heterocycles. The largest absolute Gasteiger partial charge is 0.478 e. The molecule has 6 nitrogen and oxygen atoms in total. The van der Waals surface area contributed by atoms with E-state index in [4.69, 9.17) is 5.11 Å². The van der Waals surface area contributed by atoms with Gasteiger partial charge in [-0.25, -0.2) is 9.78 Å². The lowest BCUT2D eigenvalue weighted by Crippen LogP contribution is -2.12. The van der Waals surface area contributed by atoms with Crippen LogP contribution in [0.15, 0.2) is 79.1 Å². The molecule has 0 saturated carbocycles. The van der Waals surface area contributed by atoms with Crippen molar-refractivity contribution in [3.8, 4) is 5.69 Å². The van der Waals surface area contributed by atoms with Gasteiger partial charge in [-0.15, -0.1) is 0 Å². The minimum absolute atomic E-state index is 0.120. The highest BCUT2D eigenvalue weighted by Gasteiger charge is 2.10. The molecular formula is C21H15N3O3. The van der Waals surface area contributed by atoms with Crippen molar-refractivity contribution < 1.29 is 14.7 Å². The third-order valence-electron chi connectivity index (χ3n) is 4.23. The number of rotatable bonds is 4. The Balaban J connectivity index is 1.56. The summed E-state index contributed by atoms with van der Waals surface area (Å²) in [6, 6.07) is 21.1. The third-order valence-corrected chi connectivity index (χ3v) is 4.23. The summed E-state index contributed by atoms with van der Waals surface area (Å²) in [7, 11) is 0. The molecule has 0 aliphatic heterocycles. The van der Waals surface area contributed by atoms with E-state index in [0.717, 1.165) is 16.7 Å². The Morgan fingerprint density at radius 3 is 2.44 bits per heavy atom. The number of carbonyl (C=O) groups is 2. The average molecular weight is 357 g/mol. The first kappa shape index (κ1) is 16.5. The summed E-state index contributed by atoms with van der Waals surface area (Å²) in [5, 5.41) is 11.8. The Hall–Kier alpha value is -3.93. The van der Waals surface area contributed by atoms with Gasteiger partial charge in [0.1, 0.15) is 6.33 Å². The van der Waals surface area contributed by atoms with Crippen LogP contribution in [-0.4, -0.2) is 26.5 Å². The lowest BCUT2D eigenvalue weighted by Gasteiger charge is -2.08. The van der Waals surface area contributed by atoms with E-state index in [2.05, 4.69) is 10.3 Å². The number of imidazole rings is 1. The molecule has 0 aliphatic carbocycles. The van der Waals surface area contributed by atoms with E-state index in [1.807, 2.05) is 41.0 Å². The summed E-state index contributed by atoms with van der Waals surface area (Å²) < 4.78 is 1.95. The summed E-state index contributed by atoms with van der Waals surface area (Å²) in [6.45, 7) is 0. The van der Waals surface area contributed by atoms with Gasteiger partial charge in [-0.1, -0.05) is 18.2 Å². The van der Waals surface area contributed by atoms with Crippen LogP contribution in [0.25, 0.3) is 16.7 Å². The minimum atomic E-state index is -1.04. The normalized spacial score (nSPS) is 10.7. The van der Waals surface area contributed by atoms with Crippen LogP contribution in [0.2, 0.25) is 0 Å². The van der Waals surface area contributed by atoms with Gasteiger partial charge in [0.2, 0.25) is 0 Å². The van der Waals surface area contributed by atoms with Crippen LogP contribution in [-0.2, 0) is 0 Å². The van der Waals surface area contributed by atoms with Crippen LogP contribution in [0.4, 0.5) is 5.69 Å². The van der Waals surface area contributed by atoms with Gasteiger partial charge in [0.15, 0.2) is 0 Å². The predicted molar refractivity (Wildman–Crippen MR) is 102 cm³/mol. The molecule has 0 fully saturated rings. The fraction of sp³-hybridized carbons (Fsp3) is 0. The number of hydrogen-bond donors (Lipinski definition) is 2. The van der Waals surface area contributed by atoms with Crippen molar-refractivity contribution in [2.45, 2.75) is 0 Å². The molecule has 6 heteroatoms. The molecule has 4 rings (SSSR count). The number of nitrogens with one attached hydrogen (secondary N) is 1. The summed E-state index contributed by atoms with van der Waals surface area (Å²) in [4.78, 5) is 27.8. The van der Waals surface area contributed by atoms with E-state index in [1.165, 1.54) is 12.1 Å². The highest BCUT2D eigenvalue weighted by Crippen LogP contribution is 2.19. The Morgan fingerprint density at radius 2 is 1.67 bits per heavy atom. The lowest BCUT2D eigenvalue weighted by molar-refractivity contribution is 0.0696. The van der Waals surface area contributed by atoms with E-state index in [1.54, 1.807) is 30.6 Å². The number of carboxylic acid groups (broad SMARTS) is 1. The maximum absolute atomic E-state index is 12.4. The standard InChI is InChI=1S/C21H15N3O3/c25-20(23-16-5-3-4-15(12-16)21(26)27)14-8-10-17(11-9-14)24-13-22-18-6-1-2-7-19(18)24/h1-13H,(H,23,25)(H,26,27). The second-order valence-corrected chi connectivity index (χ2v) is 5.99. The number of fused-ring (bicyclic) bond motifs is 1. The number of aromatic carboxylic acids is 1. The van der Waals surface area contributed by atoms with Crippen LogP contribution in [0, 0.1) is 0 Å². The van der Waals surface area contributed by atoms with Gasteiger partial charge in [0.05, 0.1) is 16.6 Å². The van der Waals surface area contributed by atoms with E-state index >= 15 is 0 Å². The monoisotopic (exact) mass is 357 g/mol. The van der Waals surface area contributed by atoms with Gasteiger partial charge < -0.3 is 10.4 Å². The number of nitrogens with zero attached hydrogens (tertiary/aromatic N) is 2. The highest BCUT2D eigenvalue weighted by molar-refractivity contribution is 6.05. The first-order valence-corrected chi connectivity index (χ1v) is 8.29. The van der Waals surface area contributed by atoms with Crippen LogP contribution >= 0.6 is 0 Å². The quantitative estimate of drug-likeness (QED) is 0.579. The van der Waals surface area contributed by atoms with Crippen LogP contribution in [0.1, 0.15) is 20.7 Å². The number of para-hydroxylation sites is 2. The highest BCUT2D eigenvalue weighted by atomic mass is 16.4. The molecule has 4 aromatic rings. The zero-order valence-electron chi connectivity index (χ0n) is 14.2. The van der Waals surface area contributed by atoms with E-state index in [0.29, 0.717) is 11.3 Å². The number of hydrogen-bond acceptors (Lipinski definition) is 3. The molecule has 3 aromatic carbocycles. The van der Waals surface area contributed by atoms with Crippen molar-refractivity contribution in [2.75, 3.05) is 5.32 Å². The lowest BCUT2D eigenvalue weighted by atomic mass is 10.1. The summed E-state index contributed by atoms with van der Waals surface area (Å²) >= 11 is 0. The van der Waals surface area contributed by atoms with Gasteiger partial charge in [-0.3, -0.25) is 9.36 Å². The van der Waals surface area contributed by atoms with Gasteiger partial charge in [-0.2, -0.15) is 0 Å². The maximum atomic E-state index is 12.4. The molecule has 1 aromatic heterocycles. The van der Waals surface area contributed by atoms with Crippen molar-refractivity contribution in [3.05, 3.63) is 90.3 Å². The second-order valence-electron chi connectivity index (χ2n) is 5.99. The fourth-order valence-electron chi connectivity index (χ4n) is 2.87. The van der Waals surface area contributed by atoms with Crippen LogP contribution < -0.4 is 5.32 Å². The summed E-state index contributed by atoms with van der Waals surface area (Å²) in [5.74, 6) is -1.34. The zero-order chi connectivity index (χ0) is 18.8. The smallest absolute Gasteiger partial charge is 0.335 e. The van der Waals surface area contributed by atoms with Gasteiger partial charge >= 0.3 is 5.97 Å². The molecule has 0 unspecified atom stereocenters. The van der Waals surface area contributed by atoms with Gasteiger partial charge in [-0.05, 0) is 54.6 Å². The molecule has 0 atom stereocenters. The molecule has 1 amide bonds. The van der Waals surface area contributed by atoms with Crippen molar-refractivity contribution >= 4 is 28.6 Å². The topological polar surface area (TPSA) is 84.2 Å². The summed E-state index contributed by atoms with van der Waals surface area (Å²) in [6.07, 6.45) is 1.75. The molecule has 132 valence electrons. The summed E-state index contributed by atoms with van der Waals surface area (Å²) in [5.41, 5.74) is 3.81. The first-order chi connectivity index (χ1) is 13.1. The molecule has 2 N–H and O–H groups in total. The second kappa shape index (κ2) is 6.76. The number of anilines is 1. The zero-order valence-corrected chi connectivity index (χ0v) is 14.2. The van der Waals surface area contributed by atoms with Crippen LogP contribution in [0.3, 0.4) is 0 Å². The number of amides is 1. The third kappa shape index (κ3) is 3.28. The molecule has 0 aliphatic rings. The maximum Gasteiger partial charge on any atom is 0.335 e. The number of benzene rings is 3. The Labute approximate surface area is 154 Å². The molecule has 0 radical (unpaired) electrons. The fourth-order valence-corrected chi connectivity index (χ4v) is 2.87. The Bertz CT molecular complexity index is 1150. The van der Waals surface area contributed by atoms with Gasteiger partial charge in [0, 0.05) is 16.9 Å². The van der Waals surface area contributed by atoms with Gasteiger partial charge in [0.25, 0.3) is 5.91 Å². The van der Waals surface area contributed by atoms with Crippen molar-refractivity contribution in [1.82, 2.24) is 9.55 Å². The minimum Gasteiger partial charge on any atom is -0.478 e.